The zero-order valence-corrected chi connectivity index (χ0v) is 11.9. The fraction of sp³-hybridized carbons (Fsp3) is 0.312. The topological polar surface area (TPSA) is 84.6 Å². The summed E-state index contributed by atoms with van der Waals surface area (Å²) in [6.45, 7) is 0.278. The second-order valence-electron chi connectivity index (χ2n) is 4.95. The standard InChI is InChI=1S/C16H15N3O3/c1-2-8-18(9-7-17)10-12(20)11-19-15(21)13-5-3-4-6-14(13)16(19)22/h1,3-6,12,20H,8-11H2/t12-/m1/s1. The molecule has 0 unspecified atom stereocenters. The Balaban J connectivity index is 2.03. The number of imide groups is 1. The van der Waals surface area contributed by atoms with Gasteiger partial charge < -0.3 is 5.11 Å². The van der Waals surface area contributed by atoms with Crippen LogP contribution in [0.2, 0.25) is 0 Å². The number of carbonyl (C=O) groups excluding carboxylic acids is 2. The van der Waals surface area contributed by atoms with E-state index >= 15 is 0 Å². The molecule has 1 aromatic carbocycles. The summed E-state index contributed by atoms with van der Waals surface area (Å²) in [4.78, 5) is 26.9. The predicted octanol–water partition coefficient (Wildman–Crippen LogP) is 0.102. The summed E-state index contributed by atoms with van der Waals surface area (Å²) in [5, 5.41) is 18.8. The van der Waals surface area contributed by atoms with Crippen LogP contribution in [0.4, 0.5) is 0 Å². The molecule has 112 valence electrons. The minimum Gasteiger partial charge on any atom is -0.390 e. The summed E-state index contributed by atoms with van der Waals surface area (Å²) in [6, 6.07) is 8.50. The van der Waals surface area contributed by atoms with E-state index in [0.29, 0.717) is 11.1 Å². The molecular weight excluding hydrogens is 282 g/mol. The second-order valence-corrected chi connectivity index (χ2v) is 4.95. The molecule has 1 aliphatic heterocycles. The molecule has 22 heavy (non-hydrogen) atoms. The monoisotopic (exact) mass is 297 g/mol. The molecule has 0 spiro atoms. The van der Waals surface area contributed by atoms with Gasteiger partial charge in [0.25, 0.3) is 11.8 Å². The van der Waals surface area contributed by atoms with E-state index in [0.717, 1.165) is 4.90 Å². The molecule has 0 saturated heterocycles. The largest absolute Gasteiger partial charge is 0.390 e. The van der Waals surface area contributed by atoms with E-state index in [1.807, 2.05) is 6.07 Å². The van der Waals surface area contributed by atoms with E-state index in [1.54, 1.807) is 29.2 Å². The summed E-state index contributed by atoms with van der Waals surface area (Å²) in [7, 11) is 0. The predicted molar refractivity (Wildman–Crippen MR) is 78.7 cm³/mol. The molecule has 6 heteroatoms. The average Bonchev–Trinajstić information content (AvgIpc) is 2.73. The number of rotatable bonds is 6. The molecule has 0 saturated carbocycles. The van der Waals surface area contributed by atoms with Crippen molar-refractivity contribution in [2.75, 3.05) is 26.2 Å². The third-order valence-electron chi connectivity index (χ3n) is 3.35. The Bertz CT molecular complexity index is 621. The highest BCUT2D eigenvalue weighted by Gasteiger charge is 2.36. The lowest BCUT2D eigenvalue weighted by Gasteiger charge is -2.23. The molecule has 0 radical (unpaired) electrons. The number of fused-ring (bicyclic) bond motifs is 1. The fourth-order valence-corrected chi connectivity index (χ4v) is 2.39. The van der Waals surface area contributed by atoms with Gasteiger partial charge in [-0.15, -0.1) is 6.42 Å². The van der Waals surface area contributed by atoms with E-state index in [1.165, 1.54) is 0 Å². The van der Waals surface area contributed by atoms with Crippen LogP contribution in [-0.4, -0.2) is 59.0 Å². The normalized spacial score (nSPS) is 14.6. The highest BCUT2D eigenvalue weighted by Crippen LogP contribution is 2.22. The molecule has 1 N–H and O–H groups in total. The maximum Gasteiger partial charge on any atom is 0.261 e. The van der Waals surface area contributed by atoms with Crippen molar-refractivity contribution in [3.8, 4) is 18.4 Å². The summed E-state index contributed by atoms with van der Waals surface area (Å²) < 4.78 is 0. The Morgan fingerprint density at radius 3 is 2.32 bits per heavy atom. The number of β-amino-alcohol motifs (C(OH)–C–C–N with tert-alkyl or cyclic N) is 1. The highest BCUT2D eigenvalue weighted by molar-refractivity contribution is 6.21. The highest BCUT2D eigenvalue weighted by atomic mass is 16.3. The van der Waals surface area contributed by atoms with Crippen molar-refractivity contribution in [2.45, 2.75) is 6.10 Å². The molecule has 6 nitrogen and oxygen atoms in total. The van der Waals surface area contributed by atoms with Gasteiger partial charge >= 0.3 is 0 Å². The lowest BCUT2D eigenvalue weighted by molar-refractivity contribution is 0.0493. The van der Waals surface area contributed by atoms with Gasteiger partial charge in [-0.25, -0.2) is 0 Å². The Labute approximate surface area is 128 Å². The SMILES string of the molecule is C#CCN(CC#N)C[C@@H](O)CN1C(=O)c2ccccc2C1=O. The molecule has 1 aromatic rings. The number of nitrogens with zero attached hydrogens (tertiary/aromatic N) is 3. The lowest BCUT2D eigenvalue weighted by Crippen LogP contribution is -2.42. The molecular formula is C16H15N3O3. The zero-order chi connectivity index (χ0) is 16.1. The molecule has 1 aliphatic rings. The number of terminal acetylenes is 1. The number of benzene rings is 1. The molecule has 0 aliphatic carbocycles. The number of hydrogen-bond acceptors (Lipinski definition) is 5. The van der Waals surface area contributed by atoms with E-state index < -0.39 is 17.9 Å². The minimum absolute atomic E-state index is 0.0728. The molecule has 0 fully saturated rings. The summed E-state index contributed by atoms with van der Waals surface area (Å²) in [5.41, 5.74) is 0.689. The first-order valence-corrected chi connectivity index (χ1v) is 6.74. The van der Waals surface area contributed by atoms with Crippen LogP contribution in [0.3, 0.4) is 0 Å². The molecule has 1 heterocycles. The minimum atomic E-state index is -0.969. The van der Waals surface area contributed by atoms with E-state index in [9.17, 15) is 14.7 Å². The van der Waals surface area contributed by atoms with Crippen LogP contribution in [-0.2, 0) is 0 Å². The maximum absolute atomic E-state index is 12.2. The van der Waals surface area contributed by atoms with Crippen LogP contribution in [0.15, 0.2) is 24.3 Å². The Morgan fingerprint density at radius 1 is 1.23 bits per heavy atom. The number of nitriles is 1. The van der Waals surface area contributed by atoms with Gasteiger partial charge in [-0.3, -0.25) is 19.4 Å². The van der Waals surface area contributed by atoms with Crippen LogP contribution in [0.25, 0.3) is 0 Å². The number of aliphatic hydroxyl groups is 1. The zero-order valence-electron chi connectivity index (χ0n) is 11.9. The maximum atomic E-state index is 12.2. The van der Waals surface area contributed by atoms with Gasteiger partial charge in [-0.1, -0.05) is 18.1 Å². The van der Waals surface area contributed by atoms with Gasteiger partial charge in [-0.05, 0) is 12.1 Å². The fourth-order valence-electron chi connectivity index (χ4n) is 2.39. The van der Waals surface area contributed by atoms with E-state index in [-0.39, 0.29) is 26.2 Å². The summed E-state index contributed by atoms with van der Waals surface area (Å²) >= 11 is 0. The Kier molecular flexibility index (Phi) is 4.90. The summed E-state index contributed by atoms with van der Waals surface area (Å²) in [5.74, 6) is 1.57. The van der Waals surface area contributed by atoms with Gasteiger partial charge in [0.05, 0.1) is 42.9 Å². The Morgan fingerprint density at radius 2 is 1.82 bits per heavy atom. The molecule has 1 atom stereocenters. The van der Waals surface area contributed by atoms with Crippen LogP contribution >= 0.6 is 0 Å². The quantitative estimate of drug-likeness (QED) is 0.457. The molecule has 2 rings (SSSR count). The van der Waals surface area contributed by atoms with Gasteiger partial charge in [0.2, 0.25) is 0 Å². The van der Waals surface area contributed by atoms with Crippen LogP contribution in [0.5, 0.6) is 0 Å². The number of aliphatic hydroxyl groups excluding tert-OH is 1. The van der Waals surface area contributed by atoms with Crippen molar-refractivity contribution in [3.63, 3.8) is 0 Å². The van der Waals surface area contributed by atoms with Crippen LogP contribution in [0.1, 0.15) is 20.7 Å². The first-order chi connectivity index (χ1) is 10.6. The lowest BCUT2D eigenvalue weighted by atomic mass is 10.1. The number of hydrogen-bond donors (Lipinski definition) is 1. The van der Waals surface area contributed by atoms with Gasteiger partial charge in [0.15, 0.2) is 0 Å². The molecule has 2 amide bonds. The Hall–Kier alpha value is -2.67. The molecule has 0 bridgehead atoms. The van der Waals surface area contributed by atoms with Crippen LogP contribution < -0.4 is 0 Å². The van der Waals surface area contributed by atoms with Crippen molar-refractivity contribution in [2.24, 2.45) is 0 Å². The second kappa shape index (κ2) is 6.86. The van der Waals surface area contributed by atoms with Crippen molar-refractivity contribution in [1.82, 2.24) is 9.80 Å². The van der Waals surface area contributed by atoms with E-state index in [2.05, 4.69) is 5.92 Å². The van der Waals surface area contributed by atoms with Gasteiger partial charge in [0.1, 0.15) is 0 Å². The van der Waals surface area contributed by atoms with Crippen molar-refractivity contribution in [1.29, 1.82) is 5.26 Å². The van der Waals surface area contributed by atoms with Crippen molar-refractivity contribution < 1.29 is 14.7 Å². The van der Waals surface area contributed by atoms with Gasteiger partial charge in [-0.2, -0.15) is 5.26 Å². The first-order valence-electron chi connectivity index (χ1n) is 6.74. The number of amides is 2. The smallest absolute Gasteiger partial charge is 0.261 e. The van der Waals surface area contributed by atoms with Crippen LogP contribution in [0, 0.1) is 23.7 Å². The van der Waals surface area contributed by atoms with E-state index in [4.69, 9.17) is 11.7 Å². The third-order valence-corrected chi connectivity index (χ3v) is 3.35. The first kappa shape index (κ1) is 15.7. The average molecular weight is 297 g/mol. The van der Waals surface area contributed by atoms with Crippen molar-refractivity contribution in [3.05, 3.63) is 35.4 Å². The van der Waals surface area contributed by atoms with Gasteiger partial charge in [0, 0.05) is 6.54 Å². The third kappa shape index (κ3) is 3.15. The molecule has 0 aromatic heterocycles. The van der Waals surface area contributed by atoms with Crippen molar-refractivity contribution >= 4 is 11.8 Å². The number of carbonyl (C=O) groups is 2. The summed E-state index contributed by atoms with van der Waals surface area (Å²) in [6.07, 6.45) is 4.23.